The van der Waals surface area contributed by atoms with Crippen molar-refractivity contribution in [1.29, 1.82) is 0 Å². The SMILES string of the molecule is CC(C)(C)c1ncc(CBr)cc1Cl. The Morgan fingerprint density at radius 1 is 1.46 bits per heavy atom. The van der Waals surface area contributed by atoms with Crippen molar-refractivity contribution in [3.05, 3.63) is 28.5 Å². The molecule has 0 saturated carbocycles. The first-order valence-corrected chi connectivity index (χ1v) is 5.66. The minimum atomic E-state index is 0.0158. The Balaban J connectivity index is 3.13. The topological polar surface area (TPSA) is 12.9 Å². The third kappa shape index (κ3) is 2.68. The molecule has 0 aliphatic carbocycles. The van der Waals surface area contributed by atoms with Gasteiger partial charge in [0.25, 0.3) is 0 Å². The summed E-state index contributed by atoms with van der Waals surface area (Å²) in [4.78, 5) is 4.36. The Kier molecular flexibility index (Phi) is 3.36. The van der Waals surface area contributed by atoms with Crippen molar-refractivity contribution in [2.45, 2.75) is 31.5 Å². The summed E-state index contributed by atoms with van der Waals surface area (Å²) in [6, 6.07) is 1.96. The van der Waals surface area contributed by atoms with Gasteiger partial charge in [-0.2, -0.15) is 0 Å². The normalized spacial score (nSPS) is 11.8. The number of pyridine rings is 1. The van der Waals surface area contributed by atoms with Crippen molar-refractivity contribution in [2.75, 3.05) is 0 Å². The third-order valence-corrected chi connectivity index (χ3v) is 2.70. The fourth-order valence-corrected chi connectivity index (χ4v) is 1.88. The van der Waals surface area contributed by atoms with Crippen LogP contribution in [0.15, 0.2) is 12.3 Å². The van der Waals surface area contributed by atoms with Gasteiger partial charge in [0, 0.05) is 16.9 Å². The first-order chi connectivity index (χ1) is 5.95. The second-order valence-corrected chi connectivity index (χ2v) is 5.03. The van der Waals surface area contributed by atoms with Gasteiger partial charge in [-0.15, -0.1) is 0 Å². The molecule has 1 heterocycles. The lowest BCUT2D eigenvalue weighted by atomic mass is 9.91. The molecule has 3 heteroatoms. The fraction of sp³-hybridized carbons (Fsp3) is 0.500. The number of alkyl halides is 1. The Morgan fingerprint density at radius 2 is 2.08 bits per heavy atom. The summed E-state index contributed by atoms with van der Waals surface area (Å²) >= 11 is 9.48. The summed E-state index contributed by atoms with van der Waals surface area (Å²) in [5.74, 6) is 0. The summed E-state index contributed by atoms with van der Waals surface area (Å²) in [6.07, 6.45) is 1.86. The van der Waals surface area contributed by atoms with Gasteiger partial charge in [-0.25, -0.2) is 0 Å². The summed E-state index contributed by atoms with van der Waals surface area (Å²) in [5.41, 5.74) is 2.08. The molecule has 0 saturated heterocycles. The molecule has 0 unspecified atom stereocenters. The number of rotatable bonds is 1. The fourth-order valence-electron chi connectivity index (χ4n) is 1.10. The quantitative estimate of drug-likeness (QED) is 0.699. The molecular weight excluding hydrogens is 249 g/mol. The molecule has 0 aromatic carbocycles. The highest BCUT2D eigenvalue weighted by molar-refractivity contribution is 9.08. The summed E-state index contributed by atoms with van der Waals surface area (Å²) in [6.45, 7) is 6.32. The van der Waals surface area contributed by atoms with Crippen LogP contribution < -0.4 is 0 Å². The Hall–Kier alpha value is -0.0800. The summed E-state index contributed by atoms with van der Waals surface area (Å²) in [5, 5.41) is 1.55. The number of hydrogen-bond donors (Lipinski definition) is 0. The molecular formula is C10H13BrClN. The van der Waals surface area contributed by atoms with Gasteiger partial charge in [0.1, 0.15) is 0 Å². The highest BCUT2D eigenvalue weighted by atomic mass is 79.9. The van der Waals surface area contributed by atoms with Gasteiger partial charge >= 0.3 is 0 Å². The van der Waals surface area contributed by atoms with E-state index in [-0.39, 0.29) is 5.41 Å². The predicted octanol–water partition coefficient (Wildman–Crippen LogP) is 3.93. The van der Waals surface area contributed by atoms with Crippen LogP contribution in [0.2, 0.25) is 5.02 Å². The average molecular weight is 263 g/mol. The maximum Gasteiger partial charge on any atom is 0.0643 e. The number of aromatic nitrogens is 1. The molecule has 13 heavy (non-hydrogen) atoms. The maximum absolute atomic E-state index is 6.11. The average Bonchev–Trinajstić information content (AvgIpc) is 2.01. The molecule has 0 radical (unpaired) electrons. The van der Waals surface area contributed by atoms with Crippen LogP contribution in [-0.2, 0) is 10.7 Å². The molecule has 0 amide bonds. The Labute approximate surface area is 92.6 Å². The van der Waals surface area contributed by atoms with Crippen molar-refractivity contribution in [2.24, 2.45) is 0 Å². The molecule has 0 atom stereocenters. The highest BCUT2D eigenvalue weighted by Crippen LogP contribution is 2.28. The monoisotopic (exact) mass is 261 g/mol. The molecule has 1 aromatic heterocycles. The Morgan fingerprint density at radius 3 is 2.46 bits per heavy atom. The zero-order chi connectivity index (χ0) is 10.1. The van der Waals surface area contributed by atoms with E-state index in [1.54, 1.807) is 0 Å². The molecule has 0 fully saturated rings. The first-order valence-electron chi connectivity index (χ1n) is 4.16. The zero-order valence-electron chi connectivity index (χ0n) is 8.06. The van der Waals surface area contributed by atoms with Crippen LogP contribution in [0.3, 0.4) is 0 Å². The van der Waals surface area contributed by atoms with Crippen molar-refractivity contribution in [3.63, 3.8) is 0 Å². The Bertz CT molecular complexity index is 304. The van der Waals surface area contributed by atoms with Crippen LogP contribution in [-0.4, -0.2) is 4.98 Å². The lowest BCUT2D eigenvalue weighted by molar-refractivity contribution is 0.569. The number of halogens is 2. The van der Waals surface area contributed by atoms with E-state index in [4.69, 9.17) is 11.6 Å². The van der Waals surface area contributed by atoms with E-state index in [0.29, 0.717) is 0 Å². The largest absolute Gasteiger partial charge is 0.259 e. The van der Waals surface area contributed by atoms with E-state index in [9.17, 15) is 0 Å². The van der Waals surface area contributed by atoms with Crippen LogP contribution in [0.4, 0.5) is 0 Å². The van der Waals surface area contributed by atoms with Gasteiger partial charge < -0.3 is 0 Å². The summed E-state index contributed by atoms with van der Waals surface area (Å²) in [7, 11) is 0. The van der Waals surface area contributed by atoms with E-state index in [2.05, 4.69) is 41.7 Å². The van der Waals surface area contributed by atoms with E-state index >= 15 is 0 Å². The van der Waals surface area contributed by atoms with Gasteiger partial charge in [0.15, 0.2) is 0 Å². The molecule has 0 spiro atoms. The third-order valence-electron chi connectivity index (χ3n) is 1.76. The lowest BCUT2D eigenvalue weighted by Gasteiger charge is -2.19. The van der Waals surface area contributed by atoms with Crippen LogP contribution in [0.5, 0.6) is 0 Å². The molecule has 1 rings (SSSR count). The maximum atomic E-state index is 6.11. The molecule has 72 valence electrons. The van der Waals surface area contributed by atoms with Crippen molar-refractivity contribution >= 4 is 27.5 Å². The first kappa shape index (κ1) is 11.0. The second kappa shape index (κ2) is 3.97. The number of hydrogen-bond acceptors (Lipinski definition) is 1. The van der Waals surface area contributed by atoms with Crippen molar-refractivity contribution in [1.82, 2.24) is 4.98 Å². The highest BCUT2D eigenvalue weighted by Gasteiger charge is 2.18. The van der Waals surface area contributed by atoms with E-state index in [0.717, 1.165) is 21.6 Å². The van der Waals surface area contributed by atoms with Gasteiger partial charge in [-0.3, -0.25) is 4.98 Å². The minimum absolute atomic E-state index is 0.0158. The minimum Gasteiger partial charge on any atom is -0.259 e. The molecule has 0 bridgehead atoms. The molecule has 0 aliphatic heterocycles. The summed E-state index contributed by atoms with van der Waals surface area (Å²) < 4.78 is 0. The van der Waals surface area contributed by atoms with E-state index in [1.807, 2.05) is 12.3 Å². The van der Waals surface area contributed by atoms with Gasteiger partial charge in [0.05, 0.1) is 10.7 Å². The predicted molar refractivity (Wildman–Crippen MR) is 60.6 cm³/mol. The standard InChI is InChI=1S/C10H13BrClN/c1-10(2,3)9-8(12)4-7(5-11)6-13-9/h4,6H,5H2,1-3H3. The van der Waals surface area contributed by atoms with Crippen LogP contribution >= 0.6 is 27.5 Å². The van der Waals surface area contributed by atoms with Crippen molar-refractivity contribution < 1.29 is 0 Å². The molecule has 0 N–H and O–H groups in total. The lowest BCUT2D eigenvalue weighted by Crippen LogP contribution is -2.14. The van der Waals surface area contributed by atoms with Gasteiger partial charge in [-0.1, -0.05) is 48.3 Å². The zero-order valence-corrected chi connectivity index (χ0v) is 10.4. The molecule has 1 aromatic rings. The molecule has 1 nitrogen and oxygen atoms in total. The van der Waals surface area contributed by atoms with Crippen LogP contribution in [0, 0.1) is 0 Å². The molecule has 0 aliphatic rings. The van der Waals surface area contributed by atoms with Gasteiger partial charge in [-0.05, 0) is 11.6 Å². The van der Waals surface area contributed by atoms with Crippen LogP contribution in [0.1, 0.15) is 32.0 Å². The van der Waals surface area contributed by atoms with E-state index in [1.165, 1.54) is 0 Å². The van der Waals surface area contributed by atoms with E-state index < -0.39 is 0 Å². The van der Waals surface area contributed by atoms with Crippen LogP contribution in [0.25, 0.3) is 0 Å². The number of nitrogens with zero attached hydrogens (tertiary/aromatic N) is 1. The van der Waals surface area contributed by atoms with Crippen molar-refractivity contribution in [3.8, 4) is 0 Å². The second-order valence-electron chi connectivity index (χ2n) is 4.06. The van der Waals surface area contributed by atoms with Gasteiger partial charge in [0.2, 0.25) is 0 Å². The smallest absolute Gasteiger partial charge is 0.0643 e.